The van der Waals surface area contributed by atoms with E-state index < -0.39 is 0 Å². The zero-order valence-corrected chi connectivity index (χ0v) is 12.5. The number of rotatable bonds is 5. The van der Waals surface area contributed by atoms with Crippen molar-refractivity contribution in [3.63, 3.8) is 0 Å². The standard InChI is InChI=1S/C16H20ClN3/c1-2-14(18)10-12-9-13(17)5-6-16(12)20-8-7-15(19-20)11-3-4-11/h5-9,11,14H,2-4,10,18H2,1H3. The van der Waals surface area contributed by atoms with Crippen LogP contribution in [0.4, 0.5) is 0 Å². The molecule has 0 amide bonds. The van der Waals surface area contributed by atoms with Crippen LogP contribution in [0.2, 0.25) is 5.02 Å². The van der Waals surface area contributed by atoms with Crippen molar-refractivity contribution in [1.82, 2.24) is 9.78 Å². The quantitative estimate of drug-likeness (QED) is 0.912. The largest absolute Gasteiger partial charge is 0.327 e. The van der Waals surface area contributed by atoms with Crippen molar-refractivity contribution in [2.24, 2.45) is 5.73 Å². The van der Waals surface area contributed by atoms with Gasteiger partial charge in [-0.15, -0.1) is 0 Å². The Hall–Kier alpha value is -1.32. The average Bonchev–Trinajstić information content (AvgIpc) is 3.17. The van der Waals surface area contributed by atoms with Crippen molar-refractivity contribution in [2.45, 2.75) is 44.6 Å². The van der Waals surface area contributed by atoms with E-state index in [0.717, 1.165) is 29.1 Å². The van der Waals surface area contributed by atoms with Crippen LogP contribution >= 0.6 is 11.6 Å². The first-order valence-electron chi connectivity index (χ1n) is 7.27. The van der Waals surface area contributed by atoms with E-state index in [2.05, 4.69) is 13.0 Å². The van der Waals surface area contributed by atoms with E-state index >= 15 is 0 Å². The molecule has 1 aromatic heterocycles. The monoisotopic (exact) mass is 289 g/mol. The molecule has 3 rings (SSSR count). The van der Waals surface area contributed by atoms with Gasteiger partial charge in [-0.2, -0.15) is 5.10 Å². The first-order chi connectivity index (χ1) is 9.67. The molecule has 4 heteroatoms. The zero-order chi connectivity index (χ0) is 14.1. The molecule has 0 aliphatic heterocycles. The summed E-state index contributed by atoms with van der Waals surface area (Å²) in [5.74, 6) is 0.671. The number of halogens is 1. The summed E-state index contributed by atoms with van der Waals surface area (Å²) < 4.78 is 1.96. The van der Waals surface area contributed by atoms with Gasteiger partial charge in [0.1, 0.15) is 0 Å². The molecule has 20 heavy (non-hydrogen) atoms. The minimum atomic E-state index is 0.158. The van der Waals surface area contributed by atoms with Gasteiger partial charge < -0.3 is 5.73 Å². The molecular weight excluding hydrogens is 270 g/mol. The van der Waals surface area contributed by atoms with Crippen molar-refractivity contribution in [3.05, 3.63) is 46.7 Å². The Morgan fingerprint density at radius 2 is 2.20 bits per heavy atom. The van der Waals surface area contributed by atoms with Gasteiger partial charge in [-0.3, -0.25) is 0 Å². The second-order valence-electron chi connectivity index (χ2n) is 5.60. The average molecular weight is 290 g/mol. The Balaban J connectivity index is 1.93. The van der Waals surface area contributed by atoms with Gasteiger partial charge in [-0.05, 0) is 55.5 Å². The summed E-state index contributed by atoms with van der Waals surface area (Å²) in [5, 5.41) is 5.45. The van der Waals surface area contributed by atoms with E-state index in [1.165, 1.54) is 18.5 Å². The summed E-state index contributed by atoms with van der Waals surface area (Å²) in [6, 6.07) is 8.23. The highest BCUT2D eigenvalue weighted by molar-refractivity contribution is 6.30. The van der Waals surface area contributed by atoms with Gasteiger partial charge in [-0.1, -0.05) is 18.5 Å². The van der Waals surface area contributed by atoms with Crippen molar-refractivity contribution in [1.29, 1.82) is 0 Å². The van der Waals surface area contributed by atoms with Gasteiger partial charge in [0.25, 0.3) is 0 Å². The zero-order valence-electron chi connectivity index (χ0n) is 11.7. The fourth-order valence-electron chi connectivity index (χ4n) is 2.44. The van der Waals surface area contributed by atoms with Crippen LogP contribution in [0.3, 0.4) is 0 Å². The summed E-state index contributed by atoms with van der Waals surface area (Å²) in [5.41, 5.74) is 9.54. The maximum absolute atomic E-state index is 6.13. The van der Waals surface area contributed by atoms with Crippen molar-refractivity contribution in [3.8, 4) is 5.69 Å². The highest BCUT2D eigenvalue weighted by Crippen LogP contribution is 2.39. The first-order valence-corrected chi connectivity index (χ1v) is 7.65. The molecule has 106 valence electrons. The highest BCUT2D eigenvalue weighted by atomic mass is 35.5. The molecule has 1 aliphatic carbocycles. The molecule has 0 spiro atoms. The molecular formula is C16H20ClN3. The van der Waals surface area contributed by atoms with Crippen LogP contribution in [0.5, 0.6) is 0 Å². The fraction of sp³-hybridized carbons (Fsp3) is 0.438. The van der Waals surface area contributed by atoms with Gasteiger partial charge >= 0.3 is 0 Å². The lowest BCUT2D eigenvalue weighted by Gasteiger charge is -2.14. The van der Waals surface area contributed by atoms with Crippen LogP contribution in [0.1, 0.15) is 43.4 Å². The molecule has 1 atom stereocenters. The summed E-state index contributed by atoms with van der Waals surface area (Å²) in [6.45, 7) is 2.11. The third-order valence-corrected chi connectivity index (χ3v) is 4.14. The number of hydrogen-bond donors (Lipinski definition) is 1. The van der Waals surface area contributed by atoms with Crippen LogP contribution in [-0.4, -0.2) is 15.8 Å². The van der Waals surface area contributed by atoms with E-state index in [0.29, 0.717) is 5.92 Å². The smallest absolute Gasteiger partial charge is 0.0679 e. The lowest BCUT2D eigenvalue weighted by Crippen LogP contribution is -2.22. The summed E-state index contributed by atoms with van der Waals surface area (Å²) in [6.07, 6.45) is 6.36. The van der Waals surface area contributed by atoms with Gasteiger partial charge in [0.2, 0.25) is 0 Å². The molecule has 2 N–H and O–H groups in total. The molecule has 1 aliphatic rings. The number of nitrogens with two attached hydrogens (primary N) is 1. The molecule has 1 saturated carbocycles. The Bertz CT molecular complexity index is 602. The normalized spacial score (nSPS) is 16.4. The molecule has 1 heterocycles. The van der Waals surface area contributed by atoms with Crippen LogP contribution in [0.15, 0.2) is 30.5 Å². The van der Waals surface area contributed by atoms with Crippen LogP contribution < -0.4 is 5.73 Å². The van der Waals surface area contributed by atoms with E-state index in [1.807, 2.05) is 29.1 Å². The minimum Gasteiger partial charge on any atom is -0.327 e. The van der Waals surface area contributed by atoms with E-state index in [9.17, 15) is 0 Å². The molecule has 1 fully saturated rings. The Morgan fingerprint density at radius 1 is 1.40 bits per heavy atom. The van der Waals surface area contributed by atoms with Crippen molar-refractivity contribution >= 4 is 11.6 Å². The van der Waals surface area contributed by atoms with Crippen LogP contribution in [0, 0.1) is 0 Å². The molecule has 2 aromatic rings. The lowest BCUT2D eigenvalue weighted by atomic mass is 10.0. The molecule has 1 aromatic carbocycles. The van der Waals surface area contributed by atoms with Gasteiger partial charge in [0, 0.05) is 23.2 Å². The third-order valence-electron chi connectivity index (χ3n) is 3.90. The maximum Gasteiger partial charge on any atom is 0.0679 e. The second-order valence-corrected chi connectivity index (χ2v) is 6.04. The molecule has 3 nitrogen and oxygen atoms in total. The molecule has 0 radical (unpaired) electrons. The Kier molecular flexibility index (Phi) is 3.81. The maximum atomic E-state index is 6.13. The van der Waals surface area contributed by atoms with Crippen LogP contribution in [-0.2, 0) is 6.42 Å². The number of nitrogens with zero attached hydrogens (tertiary/aromatic N) is 2. The summed E-state index contributed by atoms with van der Waals surface area (Å²) in [4.78, 5) is 0. The first kappa shape index (κ1) is 13.7. The number of aromatic nitrogens is 2. The van der Waals surface area contributed by atoms with Crippen molar-refractivity contribution < 1.29 is 0 Å². The summed E-state index contributed by atoms with van der Waals surface area (Å²) in [7, 11) is 0. The predicted molar refractivity (Wildman–Crippen MR) is 82.5 cm³/mol. The Labute approximate surface area is 124 Å². The number of benzene rings is 1. The van der Waals surface area contributed by atoms with E-state index in [1.54, 1.807) is 0 Å². The molecule has 0 saturated heterocycles. The highest BCUT2D eigenvalue weighted by Gasteiger charge is 2.26. The van der Waals surface area contributed by atoms with E-state index in [4.69, 9.17) is 22.4 Å². The summed E-state index contributed by atoms with van der Waals surface area (Å²) >= 11 is 6.13. The van der Waals surface area contributed by atoms with Crippen molar-refractivity contribution in [2.75, 3.05) is 0 Å². The topological polar surface area (TPSA) is 43.8 Å². The third kappa shape index (κ3) is 2.89. The fourth-order valence-corrected chi connectivity index (χ4v) is 2.63. The van der Waals surface area contributed by atoms with Crippen LogP contribution in [0.25, 0.3) is 5.69 Å². The predicted octanol–water partition coefficient (Wildman–Crippen LogP) is 3.68. The Morgan fingerprint density at radius 3 is 2.90 bits per heavy atom. The van der Waals surface area contributed by atoms with E-state index in [-0.39, 0.29) is 6.04 Å². The molecule has 0 bridgehead atoms. The second kappa shape index (κ2) is 5.58. The van der Waals surface area contributed by atoms with Gasteiger partial charge in [0.15, 0.2) is 0 Å². The van der Waals surface area contributed by atoms with Gasteiger partial charge in [0.05, 0.1) is 11.4 Å². The minimum absolute atomic E-state index is 0.158. The van der Waals surface area contributed by atoms with Gasteiger partial charge in [-0.25, -0.2) is 4.68 Å². The lowest BCUT2D eigenvalue weighted by molar-refractivity contribution is 0.642. The molecule has 1 unspecified atom stereocenters. The SMILES string of the molecule is CCC(N)Cc1cc(Cl)ccc1-n1ccc(C2CC2)n1. The number of hydrogen-bond acceptors (Lipinski definition) is 2.